The molecule has 3 rings (SSSR count). The van der Waals surface area contributed by atoms with Crippen molar-refractivity contribution in [3.8, 4) is 5.75 Å². The first kappa shape index (κ1) is 21.2. The van der Waals surface area contributed by atoms with Crippen LogP contribution in [0.25, 0.3) is 6.08 Å². The van der Waals surface area contributed by atoms with Crippen LogP contribution in [-0.2, 0) is 16.0 Å². The van der Waals surface area contributed by atoms with E-state index < -0.39 is 5.97 Å². The Balaban J connectivity index is 1.63. The van der Waals surface area contributed by atoms with E-state index in [2.05, 4.69) is 26.5 Å². The lowest BCUT2D eigenvalue weighted by atomic mass is 10.1. The van der Waals surface area contributed by atoms with E-state index >= 15 is 0 Å². The highest BCUT2D eigenvalue weighted by Crippen LogP contribution is 2.22. The summed E-state index contributed by atoms with van der Waals surface area (Å²) in [7, 11) is 0. The number of carbonyl (C=O) groups is 2. The quantitative estimate of drug-likeness (QED) is 0.181. The van der Waals surface area contributed by atoms with Gasteiger partial charge in [-0.1, -0.05) is 76.6 Å². The molecule has 0 spiro atoms. The molecule has 0 aromatic heterocycles. The van der Waals surface area contributed by atoms with E-state index in [1.807, 2.05) is 60.7 Å². The van der Waals surface area contributed by atoms with E-state index in [4.69, 9.17) is 4.74 Å². The topological polar surface area (TPSA) is 67.8 Å². The number of amides is 1. The first-order chi connectivity index (χ1) is 14.6. The fraction of sp³-hybridized carbons (Fsp3) is 0.0417. The first-order valence-electron chi connectivity index (χ1n) is 9.20. The molecule has 3 aromatic carbocycles. The van der Waals surface area contributed by atoms with Crippen LogP contribution in [0, 0.1) is 0 Å². The van der Waals surface area contributed by atoms with E-state index in [1.54, 1.807) is 24.3 Å². The highest BCUT2D eigenvalue weighted by molar-refractivity contribution is 9.10. The lowest BCUT2D eigenvalue weighted by molar-refractivity contribution is -0.129. The van der Waals surface area contributed by atoms with Crippen molar-refractivity contribution in [3.05, 3.63) is 106 Å². The van der Waals surface area contributed by atoms with Gasteiger partial charge in [-0.15, -0.1) is 0 Å². The Morgan fingerprint density at radius 2 is 1.67 bits per heavy atom. The normalized spacial score (nSPS) is 11.0. The Bertz CT molecular complexity index is 1060. The lowest BCUT2D eigenvalue weighted by Gasteiger charge is -2.06. The number of carbonyl (C=O) groups excluding carboxylic acids is 2. The average Bonchev–Trinajstić information content (AvgIpc) is 2.75. The van der Waals surface area contributed by atoms with E-state index in [-0.39, 0.29) is 12.3 Å². The fourth-order valence-corrected chi connectivity index (χ4v) is 2.96. The average molecular weight is 463 g/mol. The molecule has 0 bridgehead atoms. The number of ether oxygens (including phenoxy) is 1. The van der Waals surface area contributed by atoms with Crippen LogP contribution in [0.5, 0.6) is 5.75 Å². The standard InChI is InChI=1S/C24H19BrN2O3/c25-21-12-13-22(30-24(29)14-11-18-7-3-1-4-8-18)20(16-21)17-26-27-23(28)15-19-9-5-2-6-10-19/h1-14,16-17H,15H2,(H,27,28). The summed E-state index contributed by atoms with van der Waals surface area (Å²) in [5.74, 6) is -0.414. The third kappa shape index (κ3) is 6.83. The molecular formula is C24H19BrN2O3. The molecule has 0 heterocycles. The molecule has 150 valence electrons. The van der Waals surface area contributed by atoms with Crippen molar-refractivity contribution < 1.29 is 14.3 Å². The van der Waals surface area contributed by atoms with Gasteiger partial charge in [0.25, 0.3) is 0 Å². The van der Waals surface area contributed by atoms with Gasteiger partial charge >= 0.3 is 5.97 Å². The number of nitrogens with zero attached hydrogens (tertiary/aromatic N) is 1. The number of hydrazone groups is 1. The minimum atomic E-state index is -0.510. The summed E-state index contributed by atoms with van der Waals surface area (Å²) in [5, 5.41) is 3.99. The molecule has 30 heavy (non-hydrogen) atoms. The monoisotopic (exact) mass is 462 g/mol. The van der Waals surface area contributed by atoms with Gasteiger partial charge < -0.3 is 4.74 Å². The summed E-state index contributed by atoms with van der Waals surface area (Å²) in [6, 6.07) is 24.0. The molecule has 3 aromatic rings. The maximum absolute atomic E-state index is 12.2. The van der Waals surface area contributed by atoms with Gasteiger partial charge in [0, 0.05) is 16.1 Å². The Morgan fingerprint density at radius 3 is 2.40 bits per heavy atom. The van der Waals surface area contributed by atoms with Crippen molar-refractivity contribution in [1.82, 2.24) is 5.43 Å². The zero-order chi connectivity index (χ0) is 21.2. The Kier molecular flexibility index (Phi) is 7.69. The summed E-state index contributed by atoms with van der Waals surface area (Å²) >= 11 is 3.39. The van der Waals surface area contributed by atoms with Crippen LogP contribution in [-0.4, -0.2) is 18.1 Å². The zero-order valence-electron chi connectivity index (χ0n) is 16.0. The number of nitrogens with one attached hydrogen (secondary N) is 1. The maximum atomic E-state index is 12.2. The number of hydrogen-bond acceptors (Lipinski definition) is 4. The van der Waals surface area contributed by atoms with E-state index in [0.29, 0.717) is 11.3 Å². The van der Waals surface area contributed by atoms with Crippen LogP contribution in [0.1, 0.15) is 16.7 Å². The Hall–Kier alpha value is -3.51. The SMILES string of the molecule is O=C(Cc1ccccc1)NN=Cc1cc(Br)ccc1OC(=O)C=Cc1ccccc1. The molecule has 5 nitrogen and oxygen atoms in total. The first-order valence-corrected chi connectivity index (χ1v) is 10.00. The maximum Gasteiger partial charge on any atom is 0.336 e. The van der Waals surface area contributed by atoms with Gasteiger partial charge in [0.05, 0.1) is 12.6 Å². The number of benzene rings is 3. The van der Waals surface area contributed by atoms with Crippen molar-refractivity contribution in [3.63, 3.8) is 0 Å². The minimum Gasteiger partial charge on any atom is -0.423 e. The fourth-order valence-electron chi connectivity index (χ4n) is 2.58. The Labute approximate surface area is 183 Å². The van der Waals surface area contributed by atoms with E-state index in [0.717, 1.165) is 15.6 Å². The minimum absolute atomic E-state index is 0.225. The van der Waals surface area contributed by atoms with Crippen molar-refractivity contribution >= 4 is 40.1 Å². The molecule has 0 radical (unpaired) electrons. The van der Waals surface area contributed by atoms with Crippen molar-refractivity contribution in [2.45, 2.75) is 6.42 Å². The van der Waals surface area contributed by atoms with Gasteiger partial charge in [-0.2, -0.15) is 5.10 Å². The van der Waals surface area contributed by atoms with Crippen LogP contribution in [0.15, 0.2) is 94.5 Å². The van der Waals surface area contributed by atoms with E-state index in [9.17, 15) is 9.59 Å². The molecule has 0 saturated carbocycles. The molecule has 0 aliphatic heterocycles. The number of rotatable bonds is 7. The molecule has 1 amide bonds. The summed E-state index contributed by atoms with van der Waals surface area (Å²) in [6.45, 7) is 0. The second-order valence-corrected chi connectivity index (χ2v) is 7.22. The van der Waals surface area contributed by atoms with Gasteiger partial charge in [-0.05, 0) is 35.4 Å². The molecule has 0 fully saturated rings. The van der Waals surface area contributed by atoms with Crippen molar-refractivity contribution in [2.24, 2.45) is 5.10 Å². The third-order valence-electron chi connectivity index (χ3n) is 3.99. The highest BCUT2D eigenvalue weighted by atomic mass is 79.9. The van der Waals surface area contributed by atoms with Crippen LogP contribution < -0.4 is 10.2 Å². The van der Waals surface area contributed by atoms with Gasteiger partial charge in [0.2, 0.25) is 5.91 Å². The second kappa shape index (κ2) is 10.9. The van der Waals surface area contributed by atoms with Crippen molar-refractivity contribution in [2.75, 3.05) is 0 Å². The van der Waals surface area contributed by atoms with Gasteiger partial charge in [-0.3, -0.25) is 4.79 Å². The second-order valence-electron chi connectivity index (χ2n) is 6.30. The summed E-state index contributed by atoms with van der Waals surface area (Å²) in [6.07, 6.45) is 4.71. The molecule has 6 heteroatoms. The molecule has 1 N–H and O–H groups in total. The molecule has 0 saturated heterocycles. The zero-order valence-corrected chi connectivity index (χ0v) is 17.6. The molecule has 0 unspecified atom stereocenters. The summed E-state index contributed by atoms with van der Waals surface area (Å²) in [5.41, 5.74) is 4.83. The number of hydrogen-bond donors (Lipinski definition) is 1. The van der Waals surface area contributed by atoms with Crippen LogP contribution in [0.4, 0.5) is 0 Å². The van der Waals surface area contributed by atoms with E-state index in [1.165, 1.54) is 12.3 Å². The van der Waals surface area contributed by atoms with Gasteiger partial charge in [0.15, 0.2) is 0 Å². The number of esters is 1. The number of halogens is 1. The highest BCUT2D eigenvalue weighted by Gasteiger charge is 2.07. The van der Waals surface area contributed by atoms with Crippen molar-refractivity contribution in [1.29, 1.82) is 0 Å². The molecular weight excluding hydrogens is 444 g/mol. The predicted octanol–water partition coefficient (Wildman–Crippen LogP) is 4.76. The molecule has 0 aliphatic rings. The summed E-state index contributed by atoms with van der Waals surface area (Å²) < 4.78 is 6.22. The van der Waals surface area contributed by atoms with Gasteiger partial charge in [0.1, 0.15) is 5.75 Å². The third-order valence-corrected chi connectivity index (χ3v) is 4.49. The Morgan fingerprint density at radius 1 is 0.967 bits per heavy atom. The van der Waals surface area contributed by atoms with Crippen LogP contribution in [0.3, 0.4) is 0 Å². The smallest absolute Gasteiger partial charge is 0.336 e. The largest absolute Gasteiger partial charge is 0.423 e. The lowest BCUT2D eigenvalue weighted by Crippen LogP contribution is -2.19. The summed E-state index contributed by atoms with van der Waals surface area (Å²) in [4.78, 5) is 24.2. The molecule has 0 atom stereocenters. The van der Waals surface area contributed by atoms with Crippen LogP contribution in [0.2, 0.25) is 0 Å². The predicted molar refractivity (Wildman–Crippen MR) is 121 cm³/mol. The van der Waals surface area contributed by atoms with Crippen LogP contribution >= 0.6 is 15.9 Å². The van der Waals surface area contributed by atoms with Gasteiger partial charge in [-0.25, -0.2) is 10.2 Å². The molecule has 0 aliphatic carbocycles.